The van der Waals surface area contributed by atoms with E-state index in [1.165, 1.54) is 0 Å². The topological polar surface area (TPSA) is 64.3 Å². The molecule has 0 aliphatic heterocycles. The lowest BCUT2D eigenvalue weighted by molar-refractivity contribution is -0.145. The lowest BCUT2D eigenvalue weighted by atomic mass is 9.84. The predicted molar refractivity (Wildman–Crippen MR) is 64.4 cm³/mol. The van der Waals surface area contributed by atoms with Crippen LogP contribution in [0.4, 0.5) is 13.2 Å². The fraction of sp³-hybridized carbons (Fsp3) is 0.917. The normalized spacial score (nSPS) is 27.7. The Labute approximate surface area is 110 Å². The van der Waals surface area contributed by atoms with Gasteiger partial charge in [-0.2, -0.15) is 13.2 Å². The zero-order valence-corrected chi connectivity index (χ0v) is 11.1. The molecule has 2 atom stereocenters. The first kappa shape index (κ1) is 16.2. The number of halogens is 3. The highest BCUT2D eigenvalue weighted by Gasteiger charge is 2.46. The van der Waals surface area contributed by atoms with E-state index in [9.17, 15) is 18.0 Å². The maximum atomic E-state index is 11.9. The maximum absolute atomic E-state index is 11.9. The summed E-state index contributed by atoms with van der Waals surface area (Å²) >= 11 is 0. The Bertz CT molecular complexity index is 310. The summed E-state index contributed by atoms with van der Waals surface area (Å²) in [6, 6.07) is 0. The second-order valence-corrected chi connectivity index (χ2v) is 4.94. The molecule has 4 nitrogen and oxygen atoms in total. The summed E-state index contributed by atoms with van der Waals surface area (Å²) in [6.07, 6.45) is -2.18. The molecule has 112 valence electrons. The number of hydrogen-bond donors (Lipinski definition) is 2. The minimum absolute atomic E-state index is 0.0286. The van der Waals surface area contributed by atoms with E-state index in [0.29, 0.717) is 12.8 Å². The number of amides is 1. The molecule has 0 spiro atoms. The van der Waals surface area contributed by atoms with Crippen molar-refractivity contribution in [3.63, 3.8) is 0 Å². The first-order chi connectivity index (χ1) is 8.82. The van der Waals surface area contributed by atoms with Crippen LogP contribution in [-0.2, 0) is 9.53 Å². The van der Waals surface area contributed by atoms with Gasteiger partial charge in [-0.15, -0.1) is 0 Å². The number of rotatable bonds is 7. The minimum atomic E-state index is -4.19. The quantitative estimate of drug-likeness (QED) is 0.697. The molecule has 0 aromatic heterocycles. The summed E-state index contributed by atoms with van der Waals surface area (Å²) in [5.74, 6) is -0.367. The van der Waals surface area contributed by atoms with Crippen LogP contribution in [0.15, 0.2) is 0 Å². The summed E-state index contributed by atoms with van der Waals surface area (Å²) in [7, 11) is 1.69. The Kier molecular flexibility index (Phi) is 5.61. The van der Waals surface area contributed by atoms with Gasteiger partial charge in [-0.3, -0.25) is 4.79 Å². The van der Waals surface area contributed by atoms with Crippen LogP contribution in [0.2, 0.25) is 0 Å². The van der Waals surface area contributed by atoms with E-state index in [-0.39, 0.29) is 19.1 Å². The highest BCUT2D eigenvalue weighted by Crippen LogP contribution is 2.37. The fourth-order valence-electron chi connectivity index (χ4n) is 2.76. The summed E-state index contributed by atoms with van der Waals surface area (Å²) in [5.41, 5.74) is 4.70. The first-order valence-electron chi connectivity index (χ1n) is 6.45. The number of primary amides is 1. The summed E-state index contributed by atoms with van der Waals surface area (Å²) in [4.78, 5) is 11.6. The van der Waals surface area contributed by atoms with E-state index >= 15 is 0 Å². The standard InChI is InChI=1S/C12H21F3N2O2/c1-17-11(10(16)18)5-2-3-9(11)4-7-19-8-6-12(13,14)15/h9,17H,2-8H2,1H3,(H2,16,18). The van der Waals surface area contributed by atoms with E-state index in [0.717, 1.165) is 12.8 Å². The predicted octanol–water partition coefficient (Wildman–Crippen LogP) is 1.59. The van der Waals surface area contributed by atoms with Gasteiger partial charge in [-0.05, 0) is 32.2 Å². The second kappa shape index (κ2) is 6.56. The maximum Gasteiger partial charge on any atom is 0.391 e. The zero-order chi connectivity index (χ0) is 14.5. The van der Waals surface area contributed by atoms with Gasteiger partial charge in [-0.25, -0.2) is 0 Å². The van der Waals surface area contributed by atoms with Gasteiger partial charge in [0.2, 0.25) is 5.91 Å². The van der Waals surface area contributed by atoms with Gasteiger partial charge in [0.15, 0.2) is 0 Å². The smallest absolute Gasteiger partial charge is 0.381 e. The molecule has 1 aliphatic carbocycles. The molecule has 7 heteroatoms. The monoisotopic (exact) mass is 282 g/mol. The Morgan fingerprint density at radius 1 is 1.47 bits per heavy atom. The van der Waals surface area contributed by atoms with Crippen molar-refractivity contribution in [3.8, 4) is 0 Å². The van der Waals surface area contributed by atoms with Crippen molar-refractivity contribution < 1.29 is 22.7 Å². The fourth-order valence-corrected chi connectivity index (χ4v) is 2.76. The van der Waals surface area contributed by atoms with E-state index in [2.05, 4.69) is 5.32 Å². The van der Waals surface area contributed by atoms with Crippen molar-refractivity contribution in [2.45, 2.75) is 43.8 Å². The van der Waals surface area contributed by atoms with E-state index in [1.54, 1.807) is 7.05 Å². The van der Waals surface area contributed by atoms with Crippen LogP contribution >= 0.6 is 0 Å². The number of hydrogen-bond acceptors (Lipinski definition) is 3. The molecule has 0 aromatic rings. The molecule has 3 N–H and O–H groups in total. The van der Waals surface area contributed by atoms with Crippen molar-refractivity contribution in [2.24, 2.45) is 11.7 Å². The highest BCUT2D eigenvalue weighted by atomic mass is 19.4. The Morgan fingerprint density at radius 2 is 2.16 bits per heavy atom. The van der Waals surface area contributed by atoms with Gasteiger partial charge in [0.05, 0.1) is 13.0 Å². The number of likely N-dealkylation sites (N-methyl/N-ethyl adjacent to an activating group) is 1. The Hall–Kier alpha value is -0.820. The number of nitrogens with one attached hydrogen (secondary N) is 1. The van der Waals surface area contributed by atoms with Crippen LogP contribution in [0.25, 0.3) is 0 Å². The van der Waals surface area contributed by atoms with Crippen LogP contribution in [0.5, 0.6) is 0 Å². The van der Waals surface area contributed by atoms with Gasteiger partial charge in [0.1, 0.15) is 5.54 Å². The molecule has 0 heterocycles. The van der Waals surface area contributed by atoms with Crippen molar-refractivity contribution in [1.82, 2.24) is 5.32 Å². The van der Waals surface area contributed by atoms with Gasteiger partial charge < -0.3 is 15.8 Å². The van der Waals surface area contributed by atoms with Gasteiger partial charge in [-0.1, -0.05) is 6.42 Å². The molecule has 19 heavy (non-hydrogen) atoms. The van der Waals surface area contributed by atoms with Crippen LogP contribution in [0, 0.1) is 5.92 Å². The molecular weight excluding hydrogens is 261 g/mol. The SMILES string of the molecule is CNC1(C(N)=O)CCCC1CCOCCC(F)(F)F. The van der Waals surface area contributed by atoms with Crippen LogP contribution in [0.3, 0.4) is 0 Å². The number of alkyl halides is 3. The minimum Gasteiger partial charge on any atom is -0.381 e. The summed E-state index contributed by atoms with van der Waals surface area (Å²) in [5, 5.41) is 2.98. The third-order valence-electron chi connectivity index (χ3n) is 3.85. The van der Waals surface area contributed by atoms with Crippen molar-refractivity contribution in [2.75, 3.05) is 20.3 Å². The molecule has 1 fully saturated rings. The molecule has 0 aromatic carbocycles. The molecule has 1 rings (SSSR count). The molecular formula is C12H21F3N2O2. The van der Waals surface area contributed by atoms with E-state index in [1.807, 2.05) is 0 Å². The average molecular weight is 282 g/mol. The number of carbonyl (C=O) groups excluding carboxylic acids is 1. The van der Waals surface area contributed by atoms with Crippen LogP contribution in [-0.4, -0.2) is 37.9 Å². The second-order valence-electron chi connectivity index (χ2n) is 4.94. The van der Waals surface area contributed by atoms with Gasteiger partial charge in [0, 0.05) is 6.61 Å². The molecule has 1 amide bonds. The van der Waals surface area contributed by atoms with E-state index < -0.39 is 24.0 Å². The van der Waals surface area contributed by atoms with Crippen LogP contribution < -0.4 is 11.1 Å². The summed E-state index contributed by atoms with van der Waals surface area (Å²) in [6.45, 7) is -0.114. The number of ether oxygens (including phenoxy) is 1. The molecule has 0 bridgehead atoms. The molecule has 1 saturated carbocycles. The highest BCUT2D eigenvalue weighted by molar-refractivity contribution is 5.85. The molecule has 1 aliphatic rings. The summed E-state index contributed by atoms with van der Waals surface area (Å²) < 4.78 is 40.7. The van der Waals surface area contributed by atoms with E-state index in [4.69, 9.17) is 10.5 Å². The van der Waals surface area contributed by atoms with Crippen molar-refractivity contribution in [3.05, 3.63) is 0 Å². The number of carbonyl (C=O) groups is 1. The molecule has 0 radical (unpaired) electrons. The lowest BCUT2D eigenvalue weighted by Gasteiger charge is -2.32. The van der Waals surface area contributed by atoms with Crippen molar-refractivity contribution in [1.29, 1.82) is 0 Å². The molecule has 2 unspecified atom stereocenters. The zero-order valence-electron chi connectivity index (χ0n) is 11.1. The van der Waals surface area contributed by atoms with Gasteiger partial charge in [0.25, 0.3) is 0 Å². The lowest BCUT2D eigenvalue weighted by Crippen LogP contribution is -2.56. The first-order valence-corrected chi connectivity index (χ1v) is 6.45. The largest absolute Gasteiger partial charge is 0.391 e. The van der Waals surface area contributed by atoms with Gasteiger partial charge >= 0.3 is 6.18 Å². The number of nitrogens with two attached hydrogens (primary N) is 1. The average Bonchev–Trinajstić information content (AvgIpc) is 2.71. The Balaban J connectivity index is 2.34. The Morgan fingerprint density at radius 3 is 2.68 bits per heavy atom. The molecule has 0 saturated heterocycles. The third kappa shape index (κ3) is 4.35. The van der Waals surface area contributed by atoms with Crippen LogP contribution in [0.1, 0.15) is 32.1 Å². The third-order valence-corrected chi connectivity index (χ3v) is 3.85. The van der Waals surface area contributed by atoms with Crippen molar-refractivity contribution >= 4 is 5.91 Å².